The van der Waals surface area contributed by atoms with Gasteiger partial charge in [0, 0.05) is 5.37 Å². The van der Waals surface area contributed by atoms with Gasteiger partial charge >= 0.3 is 0 Å². The van der Waals surface area contributed by atoms with Crippen LogP contribution < -0.4 is 0 Å². The van der Waals surface area contributed by atoms with Crippen LogP contribution in [0.4, 0.5) is 0 Å². The molecule has 0 saturated heterocycles. The van der Waals surface area contributed by atoms with Gasteiger partial charge in [-0.15, -0.1) is 0 Å². The fourth-order valence-electron chi connectivity index (χ4n) is 0.426. The lowest BCUT2D eigenvalue weighted by Crippen LogP contribution is -2.03. The van der Waals surface area contributed by atoms with Crippen molar-refractivity contribution in [3.05, 3.63) is 0 Å². The molecule has 47 valence electrons. The van der Waals surface area contributed by atoms with Crippen molar-refractivity contribution < 1.29 is 0 Å². The zero-order chi connectivity index (χ0) is 6.62. The molecule has 0 aromatic carbocycles. The Kier molecular flexibility index (Phi) is 3.22. The molecule has 0 bridgehead atoms. The van der Waals surface area contributed by atoms with Crippen molar-refractivity contribution in [1.82, 2.24) is 0 Å². The van der Waals surface area contributed by atoms with Gasteiger partial charge in [0.25, 0.3) is 0 Å². The van der Waals surface area contributed by atoms with Crippen molar-refractivity contribution in [1.29, 1.82) is 0 Å². The van der Waals surface area contributed by atoms with Crippen molar-refractivity contribution in [2.75, 3.05) is 0 Å². The quantitative estimate of drug-likeness (QED) is 0.516. The van der Waals surface area contributed by atoms with E-state index >= 15 is 0 Å². The number of hydrogen-bond donors (Lipinski definition) is 0. The van der Waals surface area contributed by atoms with Crippen molar-refractivity contribution in [2.45, 2.75) is 33.6 Å². The summed E-state index contributed by atoms with van der Waals surface area (Å²) in [6.45, 7) is 6.62. The topological polar surface area (TPSA) is 0 Å². The minimum atomic E-state index is 0.422. The van der Waals surface area contributed by atoms with E-state index in [2.05, 4.69) is 38.4 Å². The molecule has 0 heterocycles. The molecule has 0 atom stereocenters. The average Bonchev–Trinajstić information content (AvgIpc) is 1.59. The Labute approximate surface area is 57.3 Å². The van der Waals surface area contributed by atoms with Crippen LogP contribution in [0.2, 0.25) is 0 Å². The Balaban J connectivity index is 3.24. The van der Waals surface area contributed by atoms with Crippen LogP contribution in [-0.2, 0) is 0 Å². The summed E-state index contributed by atoms with van der Waals surface area (Å²) in [5.74, 6) is 0. The summed E-state index contributed by atoms with van der Waals surface area (Å²) >= 11 is 4.57. The largest absolute Gasteiger partial charge is 0.0837 e. The molecule has 0 amide bonds. The smallest absolute Gasteiger partial charge is 0.0291 e. The summed E-state index contributed by atoms with van der Waals surface area (Å²) < 4.78 is 0. The molecule has 0 rings (SSSR count). The zero-order valence-corrected chi connectivity index (χ0v) is 6.64. The van der Waals surface area contributed by atoms with Crippen LogP contribution in [0.5, 0.6) is 0 Å². The van der Waals surface area contributed by atoms with Crippen LogP contribution in [0.25, 0.3) is 0 Å². The summed E-state index contributed by atoms with van der Waals surface area (Å²) in [7, 11) is 0. The predicted molar refractivity (Wildman–Crippen MR) is 41.3 cm³/mol. The van der Waals surface area contributed by atoms with Gasteiger partial charge in [-0.1, -0.05) is 33.0 Å². The Morgan fingerprint density at radius 2 is 1.88 bits per heavy atom. The molecular formula is C7H13S. The van der Waals surface area contributed by atoms with E-state index in [-0.39, 0.29) is 0 Å². The molecule has 1 heteroatoms. The summed E-state index contributed by atoms with van der Waals surface area (Å²) in [4.78, 5) is 0. The van der Waals surface area contributed by atoms with E-state index in [1.165, 1.54) is 0 Å². The van der Waals surface area contributed by atoms with Gasteiger partial charge in [0.2, 0.25) is 0 Å². The van der Waals surface area contributed by atoms with E-state index in [0.29, 0.717) is 5.41 Å². The summed E-state index contributed by atoms with van der Waals surface area (Å²) in [5, 5.41) is 2.71. The van der Waals surface area contributed by atoms with Gasteiger partial charge in [-0.2, -0.15) is 0 Å². The maximum atomic E-state index is 4.57. The third-order valence-electron chi connectivity index (χ3n) is 0.977. The average molecular weight is 129 g/mol. The van der Waals surface area contributed by atoms with Crippen molar-refractivity contribution >= 4 is 17.6 Å². The Morgan fingerprint density at radius 1 is 1.38 bits per heavy atom. The zero-order valence-electron chi connectivity index (χ0n) is 5.82. The second kappa shape index (κ2) is 3.18. The van der Waals surface area contributed by atoms with Gasteiger partial charge in [0.05, 0.1) is 0 Å². The van der Waals surface area contributed by atoms with Gasteiger partial charge in [0.1, 0.15) is 0 Å². The monoisotopic (exact) mass is 129 g/mol. The van der Waals surface area contributed by atoms with Crippen LogP contribution in [0, 0.1) is 5.41 Å². The second-order valence-electron chi connectivity index (χ2n) is 3.20. The number of rotatable bonds is 2. The summed E-state index contributed by atoms with van der Waals surface area (Å²) in [6, 6.07) is 0. The molecule has 1 radical (unpaired) electrons. The molecule has 0 nitrogen and oxygen atoms in total. The molecule has 0 aliphatic carbocycles. The molecule has 0 N–H and O–H groups in total. The molecule has 0 aliphatic rings. The highest BCUT2D eigenvalue weighted by molar-refractivity contribution is 7.78. The maximum absolute atomic E-state index is 4.57. The Hall–Kier alpha value is 0.0900. The standard InChI is InChI=1S/C7H13S/c1-7(2,3)5-4-6-8/h4-5H2,1-3H3. The van der Waals surface area contributed by atoms with Gasteiger partial charge in [-0.3, -0.25) is 0 Å². The molecular weight excluding hydrogens is 116 g/mol. The van der Waals surface area contributed by atoms with Crippen molar-refractivity contribution in [3.8, 4) is 0 Å². The molecule has 0 unspecified atom stereocenters. The lowest BCUT2D eigenvalue weighted by molar-refractivity contribution is 0.388. The molecule has 0 aromatic rings. The predicted octanol–water partition coefficient (Wildman–Crippen LogP) is 2.69. The minimum Gasteiger partial charge on any atom is -0.0837 e. The summed E-state index contributed by atoms with van der Waals surface area (Å²) in [6.07, 6.45) is 2.09. The number of thiocarbonyl (C=S) groups is 1. The highest BCUT2D eigenvalue weighted by atomic mass is 32.1. The van der Waals surface area contributed by atoms with E-state index in [4.69, 9.17) is 0 Å². The van der Waals surface area contributed by atoms with E-state index in [0.717, 1.165) is 12.8 Å². The van der Waals surface area contributed by atoms with Crippen LogP contribution in [0.3, 0.4) is 0 Å². The van der Waals surface area contributed by atoms with E-state index in [9.17, 15) is 0 Å². The van der Waals surface area contributed by atoms with Crippen LogP contribution >= 0.6 is 12.2 Å². The van der Waals surface area contributed by atoms with Crippen LogP contribution in [0.1, 0.15) is 33.6 Å². The third kappa shape index (κ3) is 6.09. The molecule has 0 spiro atoms. The number of hydrogen-bond acceptors (Lipinski definition) is 1. The fourth-order valence-corrected chi connectivity index (χ4v) is 0.528. The first-order chi connectivity index (χ1) is 3.56. The van der Waals surface area contributed by atoms with Crippen LogP contribution in [0.15, 0.2) is 0 Å². The molecule has 8 heavy (non-hydrogen) atoms. The molecule has 0 aromatic heterocycles. The van der Waals surface area contributed by atoms with Gasteiger partial charge in [-0.25, -0.2) is 0 Å². The molecule has 0 fully saturated rings. The van der Waals surface area contributed by atoms with Gasteiger partial charge in [-0.05, 0) is 18.3 Å². The Bertz CT molecular complexity index is 68.9. The normalized spacial score (nSPS) is 11.4. The highest BCUT2D eigenvalue weighted by Gasteiger charge is 2.07. The van der Waals surface area contributed by atoms with Crippen LogP contribution in [-0.4, -0.2) is 5.37 Å². The lowest BCUT2D eigenvalue weighted by Gasteiger charge is -2.15. The lowest BCUT2D eigenvalue weighted by atomic mass is 9.91. The first kappa shape index (κ1) is 8.09. The summed E-state index contributed by atoms with van der Waals surface area (Å²) in [5.41, 5.74) is 0.422. The van der Waals surface area contributed by atoms with Gasteiger partial charge in [0.15, 0.2) is 0 Å². The molecule has 0 saturated carbocycles. The third-order valence-corrected chi connectivity index (χ3v) is 1.18. The minimum absolute atomic E-state index is 0.422. The van der Waals surface area contributed by atoms with E-state index < -0.39 is 0 Å². The SMILES string of the molecule is CC(C)(C)CC[C]=S. The maximum Gasteiger partial charge on any atom is 0.0291 e. The molecule has 0 aliphatic heterocycles. The van der Waals surface area contributed by atoms with E-state index in [1.54, 1.807) is 0 Å². The Morgan fingerprint density at radius 3 is 2.00 bits per heavy atom. The first-order valence-electron chi connectivity index (χ1n) is 2.91. The van der Waals surface area contributed by atoms with Gasteiger partial charge < -0.3 is 0 Å². The first-order valence-corrected chi connectivity index (χ1v) is 3.32. The second-order valence-corrected chi connectivity index (χ2v) is 3.49. The highest BCUT2D eigenvalue weighted by Crippen LogP contribution is 2.19. The van der Waals surface area contributed by atoms with Crippen molar-refractivity contribution in [2.24, 2.45) is 5.41 Å². The fraction of sp³-hybridized carbons (Fsp3) is 0.857. The van der Waals surface area contributed by atoms with E-state index in [1.807, 2.05) is 0 Å². The van der Waals surface area contributed by atoms with Crippen molar-refractivity contribution in [3.63, 3.8) is 0 Å².